The number of aromatic nitrogens is 1. The Bertz CT molecular complexity index is 667. The van der Waals surface area contributed by atoms with Crippen LogP contribution >= 0.6 is 11.3 Å². The summed E-state index contributed by atoms with van der Waals surface area (Å²) in [5, 5.41) is 11.8. The van der Waals surface area contributed by atoms with Crippen LogP contribution in [0.4, 0.5) is 0 Å². The van der Waals surface area contributed by atoms with E-state index >= 15 is 0 Å². The van der Waals surface area contributed by atoms with Crippen LogP contribution < -0.4 is 0 Å². The third kappa shape index (κ3) is 2.72. The lowest BCUT2D eigenvalue weighted by atomic mass is 9.92. The highest BCUT2D eigenvalue weighted by Gasteiger charge is 2.23. The standard InChI is InChI=1S/C15H14N2OS/c1-9-4-5-12(6-10(9)2)13(7-16)15(18)14-8-19-11(3)17-14/h4-6,8,13H,1-3H3. The number of aryl methyl sites for hydroxylation is 3. The van der Waals surface area contributed by atoms with E-state index in [-0.39, 0.29) is 5.78 Å². The average Bonchev–Trinajstić information content (AvgIpc) is 2.81. The second-order valence-electron chi connectivity index (χ2n) is 4.52. The molecule has 1 atom stereocenters. The number of benzene rings is 1. The Morgan fingerprint density at radius 3 is 2.58 bits per heavy atom. The lowest BCUT2D eigenvalue weighted by Crippen LogP contribution is -2.12. The summed E-state index contributed by atoms with van der Waals surface area (Å²) >= 11 is 1.42. The van der Waals surface area contributed by atoms with Crippen molar-refractivity contribution in [3.8, 4) is 6.07 Å². The molecule has 0 saturated heterocycles. The fraction of sp³-hybridized carbons (Fsp3) is 0.267. The first-order valence-electron chi connectivity index (χ1n) is 5.96. The van der Waals surface area contributed by atoms with Crippen LogP contribution in [0.25, 0.3) is 0 Å². The van der Waals surface area contributed by atoms with E-state index in [9.17, 15) is 10.1 Å². The smallest absolute Gasteiger partial charge is 0.203 e. The molecule has 0 radical (unpaired) electrons. The SMILES string of the molecule is Cc1nc(C(=O)C(C#N)c2ccc(C)c(C)c2)cs1. The highest BCUT2D eigenvalue weighted by Crippen LogP contribution is 2.23. The molecule has 1 aromatic heterocycles. The van der Waals surface area contributed by atoms with E-state index < -0.39 is 5.92 Å². The van der Waals surface area contributed by atoms with Gasteiger partial charge in [-0.05, 0) is 37.5 Å². The lowest BCUT2D eigenvalue weighted by Gasteiger charge is -2.09. The molecule has 0 N–H and O–H groups in total. The molecule has 0 aliphatic carbocycles. The molecule has 0 aliphatic rings. The van der Waals surface area contributed by atoms with Gasteiger partial charge in [-0.1, -0.05) is 18.2 Å². The summed E-state index contributed by atoms with van der Waals surface area (Å²) in [5.74, 6) is -1.00. The Morgan fingerprint density at radius 2 is 2.05 bits per heavy atom. The van der Waals surface area contributed by atoms with Gasteiger partial charge in [-0.3, -0.25) is 4.79 Å². The fourth-order valence-electron chi connectivity index (χ4n) is 1.85. The summed E-state index contributed by atoms with van der Waals surface area (Å²) in [4.78, 5) is 16.5. The zero-order valence-corrected chi connectivity index (χ0v) is 11.9. The normalized spacial score (nSPS) is 11.9. The Labute approximate surface area is 116 Å². The van der Waals surface area contributed by atoms with Crippen molar-refractivity contribution in [1.29, 1.82) is 5.26 Å². The number of nitriles is 1. The molecular weight excluding hydrogens is 256 g/mol. The molecule has 2 aromatic rings. The second kappa shape index (κ2) is 5.33. The molecule has 4 heteroatoms. The number of ketones is 1. The summed E-state index contributed by atoms with van der Waals surface area (Å²) in [6.45, 7) is 5.83. The van der Waals surface area contributed by atoms with Gasteiger partial charge in [-0.15, -0.1) is 11.3 Å². The average molecular weight is 270 g/mol. The van der Waals surface area contributed by atoms with Gasteiger partial charge in [0.15, 0.2) is 0 Å². The van der Waals surface area contributed by atoms with Crippen molar-refractivity contribution in [1.82, 2.24) is 4.98 Å². The van der Waals surface area contributed by atoms with E-state index in [0.717, 1.165) is 21.7 Å². The Kier molecular flexibility index (Phi) is 3.77. The predicted octanol–water partition coefficient (Wildman–Crippen LogP) is 3.56. The number of nitrogens with zero attached hydrogens (tertiary/aromatic N) is 2. The molecule has 0 amide bonds. The maximum atomic E-state index is 12.3. The van der Waals surface area contributed by atoms with Crippen molar-refractivity contribution < 1.29 is 4.79 Å². The van der Waals surface area contributed by atoms with Crippen LogP contribution in [0.1, 0.15) is 38.1 Å². The van der Waals surface area contributed by atoms with Crippen LogP contribution in [-0.4, -0.2) is 10.8 Å². The molecule has 0 fully saturated rings. The minimum absolute atomic E-state index is 0.227. The predicted molar refractivity (Wildman–Crippen MR) is 75.5 cm³/mol. The number of rotatable bonds is 3. The van der Waals surface area contributed by atoms with E-state index in [4.69, 9.17) is 0 Å². The van der Waals surface area contributed by atoms with Gasteiger partial charge in [-0.25, -0.2) is 4.98 Å². The first-order valence-corrected chi connectivity index (χ1v) is 6.84. The molecular formula is C15H14N2OS. The number of carbonyl (C=O) groups is 1. The van der Waals surface area contributed by atoms with Crippen molar-refractivity contribution in [2.75, 3.05) is 0 Å². The molecule has 0 saturated carbocycles. The first kappa shape index (κ1) is 13.4. The number of carbonyl (C=O) groups excluding carboxylic acids is 1. The molecule has 1 unspecified atom stereocenters. The van der Waals surface area contributed by atoms with Gasteiger partial charge in [0.25, 0.3) is 0 Å². The summed E-state index contributed by atoms with van der Waals surface area (Å²) in [5.41, 5.74) is 3.35. The maximum absolute atomic E-state index is 12.3. The Hall–Kier alpha value is -1.99. The quantitative estimate of drug-likeness (QED) is 0.801. The van der Waals surface area contributed by atoms with E-state index in [1.165, 1.54) is 11.3 Å². The summed E-state index contributed by atoms with van der Waals surface area (Å²) in [6, 6.07) is 7.77. The third-order valence-electron chi connectivity index (χ3n) is 3.13. The molecule has 1 aromatic carbocycles. The fourth-order valence-corrected chi connectivity index (χ4v) is 2.46. The van der Waals surface area contributed by atoms with Gasteiger partial charge in [0.05, 0.1) is 11.1 Å². The molecule has 3 nitrogen and oxygen atoms in total. The zero-order chi connectivity index (χ0) is 14.0. The van der Waals surface area contributed by atoms with E-state index in [1.54, 1.807) is 5.38 Å². The molecule has 2 rings (SSSR count). The minimum Gasteiger partial charge on any atom is -0.291 e. The maximum Gasteiger partial charge on any atom is 0.203 e. The van der Waals surface area contributed by atoms with Gasteiger partial charge in [0, 0.05) is 5.38 Å². The second-order valence-corrected chi connectivity index (χ2v) is 5.58. The van der Waals surface area contributed by atoms with E-state index in [1.807, 2.05) is 39.0 Å². The lowest BCUT2D eigenvalue weighted by molar-refractivity contribution is 0.0974. The highest BCUT2D eigenvalue weighted by atomic mass is 32.1. The van der Waals surface area contributed by atoms with E-state index in [2.05, 4.69) is 11.1 Å². The summed E-state index contributed by atoms with van der Waals surface area (Å²) in [6.07, 6.45) is 0. The van der Waals surface area contributed by atoms with Gasteiger partial charge >= 0.3 is 0 Å². The molecule has 1 heterocycles. The Balaban J connectivity index is 2.37. The van der Waals surface area contributed by atoms with Gasteiger partial charge < -0.3 is 0 Å². The summed E-state index contributed by atoms with van der Waals surface area (Å²) in [7, 11) is 0. The monoisotopic (exact) mass is 270 g/mol. The molecule has 0 bridgehead atoms. The first-order chi connectivity index (χ1) is 9.02. The van der Waals surface area contributed by atoms with Crippen molar-refractivity contribution >= 4 is 17.1 Å². The minimum atomic E-state index is -0.777. The highest BCUT2D eigenvalue weighted by molar-refractivity contribution is 7.09. The topological polar surface area (TPSA) is 53.8 Å². The number of Topliss-reactive ketones (excluding diaryl/α,β-unsaturated/α-hetero) is 1. The number of hydrogen-bond acceptors (Lipinski definition) is 4. The molecule has 96 valence electrons. The molecule has 19 heavy (non-hydrogen) atoms. The third-order valence-corrected chi connectivity index (χ3v) is 3.90. The zero-order valence-electron chi connectivity index (χ0n) is 11.1. The molecule has 0 aliphatic heterocycles. The van der Waals surface area contributed by atoms with Crippen LogP contribution in [0.3, 0.4) is 0 Å². The van der Waals surface area contributed by atoms with Gasteiger partial charge in [-0.2, -0.15) is 5.26 Å². The van der Waals surface area contributed by atoms with Gasteiger partial charge in [0.1, 0.15) is 11.6 Å². The number of hydrogen-bond donors (Lipinski definition) is 0. The molecule has 0 spiro atoms. The Morgan fingerprint density at radius 1 is 1.32 bits per heavy atom. The van der Waals surface area contributed by atoms with Crippen LogP contribution in [0.2, 0.25) is 0 Å². The van der Waals surface area contributed by atoms with E-state index in [0.29, 0.717) is 5.69 Å². The van der Waals surface area contributed by atoms with Crippen LogP contribution in [0.15, 0.2) is 23.6 Å². The van der Waals surface area contributed by atoms with Crippen molar-refractivity contribution in [3.05, 3.63) is 51.0 Å². The largest absolute Gasteiger partial charge is 0.291 e. The number of thiazole rings is 1. The van der Waals surface area contributed by atoms with Crippen LogP contribution in [-0.2, 0) is 0 Å². The van der Waals surface area contributed by atoms with Crippen molar-refractivity contribution in [3.63, 3.8) is 0 Å². The van der Waals surface area contributed by atoms with Crippen molar-refractivity contribution in [2.45, 2.75) is 26.7 Å². The van der Waals surface area contributed by atoms with Crippen LogP contribution in [0.5, 0.6) is 0 Å². The summed E-state index contributed by atoms with van der Waals surface area (Å²) < 4.78 is 0. The van der Waals surface area contributed by atoms with Crippen LogP contribution in [0, 0.1) is 32.1 Å². The van der Waals surface area contributed by atoms with Gasteiger partial charge in [0.2, 0.25) is 5.78 Å². The van der Waals surface area contributed by atoms with Crippen molar-refractivity contribution in [2.24, 2.45) is 0 Å².